The fourth-order valence-corrected chi connectivity index (χ4v) is 0.841. The molecule has 0 aromatic rings. The summed E-state index contributed by atoms with van der Waals surface area (Å²) in [6.45, 7) is 5.18. The number of unbranched alkanes of at least 4 members (excludes halogenated alkanes) is 2. The van der Waals surface area contributed by atoms with Gasteiger partial charge in [-0.25, -0.2) is 0 Å². The van der Waals surface area contributed by atoms with Crippen LogP contribution in [-0.2, 0) is 4.79 Å². The highest BCUT2D eigenvalue weighted by Gasteiger charge is 2.22. The number of hydrogen-bond donors (Lipinski definition) is 1. The van der Waals surface area contributed by atoms with Gasteiger partial charge in [0, 0.05) is 6.42 Å². The lowest BCUT2D eigenvalue weighted by molar-refractivity contribution is -0.134. The van der Waals surface area contributed by atoms with E-state index in [9.17, 15) is 9.90 Å². The summed E-state index contributed by atoms with van der Waals surface area (Å²) in [5, 5.41) is 9.24. The van der Waals surface area contributed by atoms with Crippen LogP contribution in [-0.4, -0.2) is 16.5 Å². The highest BCUT2D eigenvalue weighted by atomic mass is 16.3. The molecule has 0 fully saturated rings. The monoisotopic (exact) mass is 158 g/mol. The molecule has 0 radical (unpaired) electrons. The predicted octanol–water partition coefficient (Wildman–Crippen LogP) is 1.91. The Hall–Kier alpha value is -0.370. The van der Waals surface area contributed by atoms with Crippen molar-refractivity contribution in [1.29, 1.82) is 0 Å². The van der Waals surface area contributed by atoms with Crippen LogP contribution in [0.15, 0.2) is 0 Å². The maximum Gasteiger partial charge on any atom is 0.163 e. The minimum atomic E-state index is -1.13. The van der Waals surface area contributed by atoms with E-state index >= 15 is 0 Å². The quantitative estimate of drug-likeness (QED) is 0.620. The molecule has 0 rings (SSSR count). The molecule has 0 atom stereocenters. The van der Waals surface area contributed by atoms with Crippen LogP contribution in [0, 0.1) is 0 Å². The number of carbonyl (C=O) groups is 1. The zero-order valence-corrected chi connectivity index (χ0v) is 7.68. The lowest BCUT2D eigenvalue weighted by Crippen LogP contribution is -2.30. The van der Waals surface area contributed by atoms with E-state index < -0.39 is 5.60 Å². The second kappa shape index (κ2) is 4.50. The van der Waals surface area contributed by atoms with Crippen molar-refractivity contribution in [2.24, 2.45) is 0 Å². The first-order chi connectivity index (χ1) is 4.98. The fraction of sp³-hybridized carbons (Fsp3) is 0.889. The lowest BCUT2D eigenvalue weighted by atomic mass is 9.99. The molecule has 0 aliphatic carbocycles. The van der Waals surface area contributed by atoms with E-state index in [1.807, 2.05) is 0 Å². The number of aliphatic hydroxyl groups is 1. The highest BCUT2D eigenvalue weighted by molar-refractivity contribution is 5.86. The van der Waals surface area contributed by atoms with Gasteiger partial charge in [0.1, 0.15) is 5.60 Å². The van der Waals surface area contributed by atoms with E-state index in [2.05, 4.69) is 6.92 Å². The summed E-state index contributed by atoms with van der Waals surface area (Å²) in [5.41, 5.74) is -1.13. The smallest absolute Gasteiger partial charge is 0.163 e. The molecule has 0 unspecified atom stereocenters. The molecule has 0 aromatic heterocycles. The van der Waals surface area contributed by atoms with E-state index in [-0.39, 0.29) is 5.78 Å². The molecule has 0 saturated carbocycles. The van der Waals surface area contributed by atoms with Crippen LogP contribution in [0.25, 0.3) is 0 Å². The number of Topliss-reactive ketones (excluding diaryl/α,β-unsaturated/α-hetero) is 1. The molecule has 0 aliphatic heterocycles. The van der Waals surface area contributed by atoms with Crippen LogP contribution in [0.5, 0.6) is 0 Å². The first-order valence-electron chi connectivity index (χ1n) is 4.24. The Morgan fingerprint density at radius 1 is 1.36 bits per heavy atom. The predicted molar refractivity (Wildman–Crippen MR) is 45.4 cm³/mol. The number of carbonyl (C=O) groups excluding carboxylic acids is 1. The van der Waals surface area contributed by atoms with E-state index in [1.54, 1.807) is 13.8 Å². The third-order valence-corrected chi connectivity index (χ3v) is 1.69. The molecule has 11 heavy (non-hydrogen) atoms. The van der Waals surface area contributed by atoms with Crippen molar-refractivity contribution in [3.8, 4) is 0 Å². The normalized spacial score (nSPS) is 11.6. The molecule has 1 N–H and O–H groups in total. The fourth-order valence-electron chi connectivity index (χ4n) is 0.841. The van der Waals surface area contributed by atoms with Crippen molar-refractivity contribution in [1.82, 2.24) is 0 Å². The molecule has 0 saturated heterocycles. The first kappa shape index (κ1) is 10.6. The summed E-state index contributed by atoms with van der Waals surface area (Å²) in [5.74, 6) is -0.0500. The lowest BCUT2D eigenvalue weighted by Gasteiger charge is -2.14. The van der Waals surface area contributed by atoms with Crippen LogP contribution in [0.3, 0.4) is 0 Å². The Kier molecular flexibility index (Phi) is 4.34. The summed E-state index contributed by atoms with van der Waals surface area (Å²) in [7, 11) is 0. The number of rotatable bonds is 5. The van der Waals surface area contributed by atoms with Gasteiger partial charge in [0.15, 0.2) is 5.78 Å². The van der Waals surface area contributed by atoms with Gasteiger partial charge in [0.2, 0.25) is 0 Å². The molecule has 0 bridgehead atoms. The maximum absolute atomic E-state index is 11.1. The molecule has 0 heterocycles. The third-order valence-electron chi connectivity index (χ3n) is 1.69. The number of ketones is 1. The molecule has 0 aromatic carbocycles. The van der Waals surface area contributed by atoms with E-state index in [0.29, 0.717) is 6.42 Å². The Balaban J connectivity index is 3.54. The van der Waals surface area contributed by atoms with Crippen LogP contribution >= 0.6 is 0 Å². The Morgan fingerprint density at radius 2 is 1.91 bits per heavy atom. The molecular formula is C9H18O2. The van der Waals surface area contributed by atoms with Crippen molar-refractivity contribution in [3.05, 3.63) is 0 Å². The van der Waals surface area contributed by atoms with Gasteiger partial charge < -0.3 is 5.11 Å². The van der Waals surface area contributed by atoms with E-state index in [0.717, 1.165) is 19.3 Å². The van der Waals surface area contributed by atoms with Gasteiger partial charge in [-0.05, 0) is 20.3 Å². The SMILES string of the molecule is CCCCCC(=O)C(C)(C)O. The third kappa shape index (κ3) is 4.96. The maximum atomic E-state index is 11.1. The van der Waals surface area contributed by atoms with Gasteiger partial charge in [-0.1, -0.05) is 19.8 Å². The summed E-state index contributed by atoms with van der Waals surface area (Å²) < 4.78 is 0. The molecule has 0 amide bonds. The summed E-state index contributed by atoms with van der Waals surface area (Å²) in [6, 6.07) is 0. The minimum absolute atomic E-state index is 0.0500. The summed E-state index contributed by atoms with van der Waals surface area (Å²) in [4.78, 5) is 11.1. The van der Waals surface area contributed by atoms with Crippen LogP contribution in [0.1, 0.15) is 46.5 Å². The Bertz CT molecular complexity index is 122. The molecule has 66 valence electrons. The average molecular weight is 158 g/mol. The van der Waals surface area contributed by atoms with Crippen molar-refractivity contribution >= 4 is 5.78 Å². The van der Waals surface area contributed by atoms with Crippen molar-refractivity contribution < 1.29 is 9.90 Å². The van der Waals surface area contributed by atoms with E-state index in [4.69, 9.17) is 0 Å². The standard InChI is InChI=1S/C9H18O2/c1-4-5-6-7-8(10)9(2,3)11/h11H,4-7H2,1-3H3. The van der Waals surface area contributed by atoms with Crippen LogP contribution < -0.4 is 0 Å². The van der Waals surface area contributed by atoms with Gasteiger partial charge in [-0.2, -0.15) is 0 Å². The van der Waals surface area contributed by atoms with Gasteiger partial charge in [-0.3, -0.25) is 4.79 Å². The second-order valence-electron chi connectivity index (χ2n) is 3.44. The topological polar surface area (TPSA) is 37.3 Å². The molecule has 2 nitrogen and oxygen atoms in total. The number of hydrogen-bond acceptors (Lipinski definition) is 2. The van der Waals surface area contributed by atoms with Crippen molar-refractivity contribution in [3.63, 3.8) is 0 Å². The minimum Gasteiger partial charge on any atom is -0.383 e. The van der Waals surface area contributed by atoms with Crippen molar-refractivity contribution in [2.45, 2.75) is 52.1 Å². The zero-order valence-electron chi connectivity index (χ0n) is 7.68. The second-order valence-corrected chi connectivity index (χ2v) is 3.44. The molecule has 0 spiro atoms. The zero-order chi connectivity index (χ0) is 8.91. The highest BCUT2D eigenvalue weighted by Crippen LogP contribution is 2.09. The molecular weight excluding hydrogens is 140 g/mol. The van der Waals surface area contributed by atoms with Gasteiger partial charge >= 0.3 is 0 Å². The van der Waals surface area contributed by atoms with Gasteiger partial charge in [0.05, 0.1) is 0 Å². The molecule has 0 aliphatic rings. The van der Waals surface area contributed by atoms with Crippen LogP contribution in [0.4, 0.5) is 0 Å². The van der Waals surface area contributed by atoms with Gasteiger partial charge in [-0.15, -0.1) is 0 Å². The summed E-state index contributed by atoms with van der Waals surface area (Å²) in [6.07, 6.45) is 3.59. The van der Waals surface area contributed by atoms with Crippen LogP contribution in [0.2, 0.25) is 0 Å². The largest absolute Gasteiger partial charge is 0.383 e. The Labute approximate surface area is 68.6 Å². The van der Waals surface area contributed by atoms with E-state index in [1.165, 1.54) is 0 Å². The van der Waals surface area contributed by atoms with Crippen molar-refractivity contribution in [2.75, 3.05) is 0 Å². The van der Waals surface area contributed by atoms with Gasteiger partial charge in [0.25, 0.3) is 0 Å². The first-order valence-corrected chi connectivity index (χ1v) is 4.24. The Morgan fingerprint density at radius 3 is 2.27 bits per heavy atom. The molecule has 2 heteroatoms. The summed E-state index contributed by atoms with van der Waals surface area (Å²) >= 11 is 0. The average Bonchev–Trinajstić information content (AvgIpc) is 1.86.